The van der Waals surface area contributed by atoms with Crippen LogP contribution in [0.4, 0.5) is 16.2 Å². The Balaban J connectivity index is 1.50. The Morgan fingerprint density at radius 2 is 1.53 bits per heavy atom. The minimum Gasteiger partial charge on any atom is -0.493 e. The third-order valence-corrected chi connectivity index (χ3v) is 9.14. The van der Waals surface area contributed by atoms with E-state index in [1.54, 1.807) is 52.0 Å². The maximum Gasteiger partial charge on any atom is 0.323 e. The fraction of sp³-hybridized carbons (Fsp3) is 0.385. The number of hydrogen-bond donors (Lipinski definition) is 3. The first kappa shape index (κ1) is 36.9. The van der Waals surface area contributed by atoms with Gasteiger partial charge in [-0.15, -0.1) is 0 Å². The molecule has 0 bridgehead atoms. The molecule has 1 aliphatic rings. The number of rotatable bonds is 14. The molecular weight excluding hydrogens is 648 g/mol. The van der Waals surface area contributed by atoms with Crippen LogP contribution < -0.4 is 20.1 Å². The van der Waals surface area contributed by atoms with E-state index in [1.807, 2.05) is 36.1 Å². The standard InChI is InChI=1S/C39H48N6O6/c1-6-8-18-43(19-9-7-2)38(48)33-20-26(3)45(42-33)34-16-14-29(40-39(49)41-30-15-17-35(50-4)36(23-30)51-5)22-32(34)37(47)44-24-28-13-11-10-12-27(28)21-31(44)25-46/h10-17,20,22-23,31,46H,6-9,18-19,21,24-25H2,1-5H3,(H2,40,41,49). The molecule has 4 amide bonds. The molecule has 270 valence electrons. The van der Waals surface area contributed by atoms with Crippen LogP contribution in [0.2, 0.25) is 0 Å². The molecule has 0 fully saturated rings. The van der Waals surface area contributed by atoms with Gasteiger partial charge in [0.15, 0.2) is 17.2 Å². The summed E-state index contributed by atoms with van der Waals surface area (Å²) in [5.74, 6) is 0.500. The van der Waals surface area contributed by atoms with Crippen LogP contribution in [0, 0.1) is 6.92 Å². The molecule has 0 aliphatic carbocycles. The average Bonchev–Trinajstić information content (AvgIpc) is 3.54. The number of ether oxygens (including phenoxy) is 2. The van der Waals surface area contributed by atoms with E-state index in [0.717, 1.165) is 36.8 Å². The van der Waals surface area contributed by atoms with Gasteiger partial charge in [-0.3, -0.25) is 9.59 Å². The number of aromatic nitrogens is 2. The van der Waals surface area contributed by atoms with Crippen LogP contribution in [0.25, 0.3) is 5.69 Å². The second kappa shape index (κ2) is 17.0. The smallest absolute Gasteiger partial charge is 0.323 e. The number of carbonyl (C=O) groups is 3. The van der Waals surface area contributed by atoms with Crippen LogP contribution in [0.3, 0.4) is 0 Å². The molecule has 0 radical (unpaired) electrons. The maximum atomic E-state index is 14.6. The van der Waals surface area contributed by atoms with Crippen molar-refractivity contribution in [1.29, 1.82) is 0 Å². The number of aliphatic hydroxyl groups is 1. The molecule has 2 heterocycles. The van der Waals surface area contributed by atoms with Crippen LogP contribution >= 0.6 is 0 Å². The van der Waals surface area contributed by atoms with Gasteiger partial charge in [0.2, 0.25) is 0 Å². The first-order chi connectivity index (χ1) is 24.7. The van der Waals surface area contributed by atoms with Gasteiger partial charge >= 0.3 is 6.03 Å². The zero-order chi connectivity index (χ0) is 36.5. The van der Waals surface area contributed by atoms with E-state index in [0.29, 0.717) is 66.0 Å². The lowest BCUT2D eigenvalue weighted by molar-refractivity contribution is 0.0544. The van der Waals surface area contributed by atoms with Crippen molar-refractivity contribution in [3.8, 4) is 17.2 Å². The first-order valence-corrected chi connectivity index (χ1v) is 17.5. The summed E-state index contributed by atoms with van der Waals surface area (Å²) in [5.41, 5.74) is 4.62. The van der Waals surface area contributed by atoms with E-state index >= 15 is 0 Å². The minimum absolute atomic E-state index is 0.148. The molecule has 12 nitrogen and oxygen atoms in total. The van der Waals surface area contributed by atoms with Crippen molar-refractivity contribution in [2.24, 2.45) is 0 Å². The van der Waals surface area contributed by atoms with Gasteiger partial charge in [0.05, 0.1) is 38.1 Å². The van der Waals surface area contributed by atoms with Crippen molar-refractivity contribution in [3.05, 3.63) is 94.8 Å². The Morgan fingerprint density at radius 1 is 0.882 bits per heavy atom. The predicted octanol–water partition coefficient (Wildman–Crippen LogP) is 6.44. The summed E-state index contributed by atoms with van der Waals surface area (Å²) in [6.45, 7) is 7.43. The molecule has 3 N–H and O–H groups in total. The van der Waals surface area contributed by atoms with Gasteiger partial charge in [0, 0.05) is 42.8 Å². The van der Waals surface area contributed by atoms with Crippen molar-refractivity contribution in [2.45, 2.75) is 65.5 Å². The fourth-order valence-electron chi connectivity index (χ4n) is 6.32. The molecule has 1 unspecified atom stereocenters. The lowest BCUT2D eigenvalue weighted by Gasteiger charge is -2.36. The van der Waals surface area contributed by atoms with Gasteiger partial charge < -0.3 is 35.0 Å². The summed E-state index contributed by atoms with van der Waals surface area (Å²) in [5, 5.41) is 20.8. The van der Waals surface area contributed by atoms with Crippen molar-refractivity contribution in [3.63, 3.8) is 0 Å². The molecule has 4 aromatic rings. The number of carbonyl (C=O) groups excluding carboxylic acids is 3. The SMILES string of the molecule is CCCCN(CCCC)C(=O)c1cc(C)n(-c2ccc(NC(=O)Nc3ccc(OC)c(OC)c3)cc2C(=O)N2Cc3ccccc3CC2CO)n1. The number of nitrogens with zero attached hydrogens (tertiary/aromatic N) is 4. The van der Waals surface area contributed by atoms with Crippen LogP contribution in [0.15, 0.2) is 66.7 Å². The molecule has 0 saturated heterocycles. The first-order valence-electron chi connectivity index (χ1n) is 17.5. The van der Waals surface area contributed by atoms with Crippen LogP contribution in [0.5, 0.6) is 11.5 Å². The van der Waals surface area contributed by atoms with E-state index in [2.05, 4.69) is 24.5 Å². The Labute approximate surface area is 299 Å². The van der Waals surface area contributed by atoms with Crippen molar-refractivity contribution in [1.82, 2.24) is 19.6 Å². The average molecular weight is 697 g/mol. The molecule has 0 saturated carbocycles. The second-order valence-electron chi connectivity index (χ2n) is 12.7. The Kier molecular flexibility index (Phi) is 12.3. The summed E-state index contributed by atoms with van der Waals surface area (Å²) < 4.78 is 12.3. The predicted molar refractivity (Wildman–Crippen MR) is 197 cm³/mol. The van der Waals surface area contributed by atoms with E-state index < -0.39 is 12.1 Å². The number of fused-ring (bicyclic) bond motifs is 1. The highest BCUT2D eigenvalue weighted by Crippen LogP contribution is 2.31. The third-order valence-electron chi connectivity index (χ3n) is 9.14. The highest BCUT2D eigenvalue weighted by Gasteiger charge is 2.32. The molecule has 1 aromatic heterocycles. The number of aliphatic hydroxyl groups excluding tert-OH is 1. The van der Waals surface area contributed by atoms with Crippen LogP contribution in [-0.4, -0.2) is 82.5 Å². The van der Waals surface area contributed by atoms with Crippen LogP contribution in [-0.2, 0) is 13.0 Å². The number of aryl methyl sites for hydroxylation is 1. The highest BCUT2D eigenvalue weighted by molar-refractivity contribution is 6.03. The van der Waals surface area contributed by atoms with E-state index in [4.69, 9.17) is 14.6 Å². The number of methoxy groups -OCH3 is 2. The number of hydrogen-bond acceptors (Lipinski definition) is 7. The number of unbranched alkanes of at least 4 members (excludes halogenated alkanes) is 2. The number of nitrogens with one attached hydrogen (secondary N) is 2. The number of benzene rings is 3. The van der Waals surface area contributed by atoms with Gasteiger partial charge in [0.1, 0.15) is 0 Å². The minimum atomic E-state index is -0.532. The number of anilines is 2. The van der Waals surface area contributed by atoms with Gasteiger partial charge in [0.25, 0.3) is 11.8 Å². The molecule has 3 aromatic carbocycles. The summed E-state index contributed by atoms with van der Waals surface area (Å²) in [4.78, 5) is 45.0. The Hall–Kier alpha value is -5.36. The van der Waals surface area contributed by atoms with Gasteiger partial charge in [-0.25, -0.2) is 9.48 Å². The summed E-state index contributed by atoms with van der Waals surface area (Å²) in [6.07, 6.45) is 4.23. The molecule has 0 spiro atoms. The molecule has 12 heteroatoms. The summed E-state index contributed by atoms with van der Waals surface area (Å²) >= 11 is 0. The fourth-order valence-corrected chi connectivity index (χ4v) is 6.32. The largest absolute Gasteiger partial charge is 0.493 e. The zero-order valence-corrected chi connectivity index (χ0v) is 30.1. The molecule has 1 aliphatic heterocycles. The molecule has 51 heavy (non-hydrogen) atoms. The normalized spacial score (nSPS) is 13.7. The Bertz CT molecular complexity index is 1850. The third kappa shape index (κ3) is 8.51. The van der Waals surface area contributed by atoms with E-state index in [9.17, 15) is 19.5 Å². The van der Waals surface area contributed by atoms with Gasteiger partial charge in [-0.1, -0.05) is 51.0 Å². The number of amides is 4. The second-order valence-corrected chi connectivity index (χ2v) is 12.7. The number of urea groups is 1. The van der Waals surface area contributed by atoms with Crippen LogP contribution in [0.1, 0.15) is 77.2 Å². The maximum absolute atomic E-state index is 14.6. The zero-order valence-electron chi connectivity index (χ0n) is 30.1. The highest BCUT2D eigenvalue weighted by atomic mass is 16.5. The molecule has 1 atom stereocenters. The van der Waals surface area contributed by atoms with Crippen molar-refractivity contribution in [2.75, 3.05) is 44.5 Å². The van der Waals surface area contributed by atoms with E-state index in [-0.39, 0.29) is 24.0 Å². The summed E-state index contributed by atoms with van der Waals surface area (Å²) in [6, 6.07) is 18.7. The van der Waals surface area contributed by atoms with Crippen molar-refractivity contribution >= 4 is 29.2 Å². The molecular formula is C39H48N6O6. The summed E-state index contributed by atoms with van der Waals surface area (Å²) in [7, 11) is 3.05. The topological polar surface area (TPSA) is 138 Å². The lowest BCUT2D eigenvalue weighted by atomic mass is 9.93. The van der Waals surface area contributed by atoms with E-state index in [1.165, 1.54) is 14.2 Å². The Morgan fingerprint density at radius 3 is 2.18 bits per heavy atom. The monoisotopic (exact) mass is 696 g/mol. The van der Waals surface area contributed by atoms with Crippen molar-refractivity contribution < 1.29 is 29.0 Å². The molecule has 5 rings (SSSR count). The van der Waals surface area contributed by atoms with Gasteiger partial charge in [-0.05, 0) is 73.7 Å². The lowest BCUT2D eigenvalue weighted by Crippen LogP contribution is -2.46. The van der Waals surface area contributed by atoms with Gasteiger partial charge in [-0.2, -0.15) is 5.10 Å². The quantitative estimate of drug-likeness (QED) is 0.138.